The Balaban J connectivity index is 2.62. The zero-order valence-corrected chi connectivity index (χ0v) is 11.5. The third-order valence-electron chi connectivity index (χ3n) is 2.65. The van der Waals surface area contributed by atoms with Crippen LogP contribution in [-0.2, 0) is 24.3 Å². The largest absolute Gasteiger partial charge is 0.378 e. The van der Waals surface area contributed by atoms with E-state index >= 15 is 0 Å². The van der Waals surface area contributed by atoms with Crippen LogP contribution < -0.4 is 5.32 Å². The average molecular weight is 242 g/mol. The van der Waals surface area contributed by atoms with Gasteiger partial charge in [0.15, 0.2) is 0 Å². The molecule has 16 heavy (non-hydrogen) atoms. The SMILES string of the molecule is CCc1nc(COC)sc1CNC(C)CC. The summed E-state index contributed by atoms with van der Waals surface area (Å²) in [6.45, 7) is 8.11. The molecule has 1 N–H and O–H groups in total. The van der Waals surface area contributed by atoms with Crippen molar-refractivity contribution in [2.45, 2.75) is 52.8 Å². The monoisotopic (exact) mass is 242 g/mol. The minimum Gasteiger partial charge on any atom is -0.378 e. The number of nitrogens with one attached hydrogen (secondary N) is 1. The van der Waals surface area contributed by atoms with Gasteiger partial charge in [-0.05, 0) is 19.8 Å². The summed E-state index contributed by atoms with van der Waals surface area (Å²) in [6, 6.07) is 0.567. The highest BCUT2D eigenvalue weighted by molar-refractivity contribution is 7.11. The zero-order chi connectivity index (χ0) is 12.0. The Labute approximate surface area is 102 Å². The predicted octanol–water partition coefficient (Wildman–Crippen LogP) is 2.74. The molecule has 0 amide bonds. The first kappa shape index (κ1) is 13.6. The summed E-state index contributed by atoms with van der Waals surface area (Å²) in [5.41, 5.74) is 1.22. The van der Waals surface area contributed by atoms with Gasteiger partial charge in [-0.3, -0.25) is 0 Å². The Bertz CT molecular complexity index is 312. The Morgan fingerprint density at radius 3 is 2.75 bits per heavy atom. The number of hydrogen-bond acceptors (Lipinski definition) is 4. The van der Waals surface area contributed by atoms with Gasteiger partial charge in [0.25, 0.3) is 0 Å². The number of aryl methyl sites for hydroxylation is 1. The summed E-state index contributed by atoms with van der Waals surface area (Å²) < 4.78 is 5.11. The van der Waals surface area contributed by atoms with E-state index in [4.69, 9.17) is 4.74 Å². The molecule has 1 atom stereocenters. The quantitative estimate of drug-likeness (QED) is 0.798. The zero-order valence-electron chi connectivity index (χ0n) is 10.7. The molecule has 0 saturated carbocycles. The third kappa shape index (κ3) is 3.85. The van der Waals surface area contributed by atoms with E-state index in [0.717, 1.165) is 24.4 Å². The minimum absolute atomic E-state index is 0.567. The van der Waals surface area contributed by atoms with E-state index in [1.54, 1.807) is 18.4 Å². The summed E-state index contributed by atoms with van der Waals surface area (Å²) in [5.74, 6) is 0. The highest BCUT2D eigenvalue weighted by atomic mass is 32.1. The smallest absolute Gasteiger partial charge is 0.119 e. The fourth-order valence-electron chi connectivity index (χ4n) is 1.45. The van der Waals surface area contributed by atoms with Gasteiger partial charge < -0.3 is 10.1 Å². The standard InChI is InChI=1S/C12H22N2OS/c1-5-9(3)13-7-11-10(6-2)14-12(16-11)8-15-4/h9,13H,5-8H2,1-4H3. The fraction of sp³-hybridized carbons (Fsp3) is 0.750. The van der Waals surface area contributed by atoms with Crippen LogP contribution >= 0.6 is 11.3 Å². The van der Waals surface area contributed by atoms with Crippen LogP contribution in [0.4, 0.5) is 0 Å². The van der Waals surface area contributed by atoms with Gasteiger partial charge in [-0.15, -0.1) is 11.3 Å². The number of rotatable bonds is 7. The van der Waals surface area contributed by atoms with Gasteiger partial charge >= 0.3 is 0 Å². The van der Waals surface area contributed by atoms with Gasteiger partial charge in [0.05, 0.1) is 12.3 Å². The van der Waals surface area contributed by atoms with E-state index in [2.05, 4.69) is 31.1 Å². The van der Waals surface area contributed by atoms with Crippen LogP contribution in [0.3, 0.4) is 0 Å². The van der Waals surface area contributed by atoms with Gasteiger partial charge in [-0.25, -0.2) is 4.98 Å². The normalized spacial score (nSPS) is 13.0. The van der Waals surface area contributed by atoms with Crippen molar-refractivity contribution < 1.29 is 4.74 Å². The van der Waals surface area contributed by atoms with Crippen LogP contribution in [0.15, 0.2) is 0 Å². The van der Waals surface area contributed by atoms with E-state index in [9.17, 15) is 0 Å². The molecule has 1 aromatic rings. The van der Waals surface area contributed by atoms with Crippen LogP contribution in [0.2, 0.25) is 0 Å². The first-order valence-electron chi connectivity index (χ1n) is 5.91. The molecular formula is C12H22N2OS. The molecule has 4 heteroatoms. The van der Waals surface area contributed by atoms with Crippen molar-refractivity contribution in [3.63, 3.8) is 0 Å². The number of aromatic nitrogens is 1. The average Bonchev–Trinajstić information content (AvgIpc) is 2.68. The van der Waals surface area contributed by atoms with E-state index in [-0.39, 0.29) is 0 Å². The predicted molar refractivity (Wildman–Crippen MR) is 68.8 cm³/mol. The molecule has 0 aliphatic heterocycles. The third-order valence-corrected chi connectivity index (χ3v) is 3.72. The molecule has 0 aliphatic carbocycles. The van der Waals surface area contributed by atoms with Crippen molar-refractivity contribution in [3.05, 3.63) is 15.6 Å². The number of thiazole rings is 1. The first-order valence-corrected chi connectivity index (χ1v) is 6.72. The molecule has 0 spiro atoms. The van der Waals surface area contributed by atoms with Crippen molar-refractivity contribution in [3.8, 4) is 0 Å². The summed E-state index contributed by atoms with van der Waals surface area (Å²) >= 11 is 1.76. The molecule has 1 heterocycles. The van der Waals surface area contributed by atoms with Crippen LogP contribution in [0.25, 0.3) is 0 Å². The van der Waals surface area contributed by atoms with Crippen molar-refractivity contribution >= 4 is 11.3 Å². The van der Waals surface area contributed by atoms with Crippen LogP contribution in [0.5, 0.6) is 0 Å². The lowest BCUT2D eigenvalue weighted by molar-refractivity contribution is 0.184. The van der Waals surface area contributed by atoms with Crippen molar-refractivity contribution in [1.82, 2.24) is 10.3 Å². The summed E-state index contributed by atoms with van der Waals surface area (Å²) in [6.07, 6.45) is 2.16. The van der Waals surface area contributed by atoms with E-state index in [0.29, 0.717) is 12.6 Å². The number of methoxy groups -OCH3 is 1. The summed E-state index contributed by atoms with van der Waals surface area (Å²) in [4.78, 5) is 5.93. The maximum Gasteiger partial charge on any atom is 0.119 e. The van der Waals surface area contributed by atoms with Crippen LogP contribution in [0, 0.1) is 0 Å². The number of ether oxygens (including phenoxy) is 1. The molecule has 1 rings (SSSR count). The Morgan fingerprint density at radius 2 is 2.19 bits per heavy atom. The fourth-order valence-corrected chi connectivity index (χ4v) is 2.53. The van der Waals surface area contributed by atoms with Crippen molar-refractivity contribution in [2.75, 3.05) is 7.11 Å². The van der Waals surface area contributed by atoms with Gasteiger partial charge in [0.2, 0.25) is 0 Å². The maximum absolute atomic E-state index is 5.11. The molecule has 3 nitrogen and oxygen atoms in total. The highest BCUT2D eigenvalue weighted by Crippen LogP contribution is 2.20. The Hall–Kier alpha value is -0.450. The molecule has 1 unspecified atom stereocenters. The van der Waals surface area contributed by atoms with Gasteiger partial charge in [-0.2, -0.15) is 0 Å². The summed E-state index contributed by atoms with van der Waals surface area (Å²) in [5, 5.41) is 4.59. The Morgan fingerprint density at radius 1 is 1.44 bits per heavy atom. The molecule has 0 aliphatic rings. The van der Waals surface area contributed by atoms with Crippen molar-refractivity contribution in [1.29, 1.82) is 0 Å². The highest BCUT2D eigenvalue weighted by Gasteiger charge is 2.10. The first-order chi connectivity index (χ1) is 7.71. The minimum atomic E-state index is 0.567. The van der Waals surface area contributed by atoms with E-state index in [1.165, 1.54) is 10.6 Å². The molecule has 0 radical (unpaired) electrons. The molecule has 0 aromatic carbocycles. The molecular weight excluding hydrogens is 220 g/mol. The lowest BCUT2D eigenvalue weighted by atomic mass is 10.2. The number of nitrogens with zero attached hydrogens (tertiary/aromatic N) is 1. The second-order valence-electron chi connectivity index (χ2n) is 3.95. The molecule has 0 fully saturated rings. The molecule has 0 bridgehead atoms. The lowest BCUT2D eigenvalue weighted by Gasteiger charge is -2.10. The van der Waals surface area contributed by atoms with Crippen LogP contribution in [0.1, 0.15) is 42.8 Å². The second-order valence-corrected chi connectivity index (χ2v) is 5.12. The Kier molecular flexibility index (Phi) is 5.95. The lowest BCUT2D eigenvalue weighted by Crippen LogP contribution is -2.24. The van der Waals surface area contributed by atoms with Crippen LogP contribution in [-0.4, -0.2) is 18.1 Å². The van der Waals surface area contributed by atoms with E-state index in [1.807, 2.05) is 0 Å². The topological polar surface area (TPSA) is 34.1 Å². The van der Waals surface area contributed by atoms with Gasteiger partial charge in [0.1, 0.15) is 5.01 Å². The molecule has 1 aromatic heterocycles. The molecule has 92 valence electrons. The van der Waals surface area contributed by atoms with Gasteiger partial charge in [0, 0.05) is 24.6 Å². The van der Waals surface area contributed by atoms with Crippen molar-refractivity contribution in [2.24, 2.45) is 0 Å². The summed E-state index contributed by atoms with van der Waals surface area (Å²) in [7, 11) is 1.71. The molecule has 0 saturated heterocycles. The maximum atomic E-state index is 5.11. The number of hydrogen-bond donors (Lipinski definition) is 1. The second kappa shape index (κ2) is 6.99. The van der Waals surface area contributed by atoms with Gasteiger partial charge in [-0.1, -0.05) is 13.8 Å². The van der Waals surface area contributed by atoms with E-state index < -0.39 is 0 Å².